The SMILES string of the molecule is O=C(OCc1csc(-c2ccc(Cl)cc2)n1)[C@@H]1CCS(=O)(=O)C1. The molecule has 3 rings (SSSR count). The van der Waals surface area contributed by atoms with Crippen molar-refractivity contribution in [1.29, 1.82) is 0 Å². The molecule has 0 spiro atoms. The number of benzene rings is 1. The van der Waals surface area contributed by atoms with Crippen molar-refractivity contribution in [2.75, 3.05) is 11.5 Å². The van der Waals surface area contributed by atoms with E-state index in [1.54, 1.807) is 12.1 Å². The molecule has 0 N–H and O–H groups in total. The van der Waals surface area contributed by atoms with Crippen LogP contribution in [-0.4, -0.2) is 30.9 Å². The predicted molar refractivity (Wildman–Crippen MR) is 89.1 cm³/mol. The van der Waals surface area contributed by atoms with Crippen molar-refractivity contribution in [2.45, 2.75) is 13.0 Å². The van der Waals surface area contributed by atoms with Crippen LogP contribution in [-0.2, 0) is 26.0 Å². The van der Waals surface area contributed by atoms with E-state index in [2.05, 4.69) is 4.98 Å². The van der Waals surface area contributed by atoms with E-state index >= 15 is 0 Å². The third-order valence-corrected chi connectivity index (χ3v) is 6.53. The Morgan fingerprint density at radius 3 is 2.74 bits per heavy atom. The first kappa shape index (κ1) is 16.4. The standard InChI is InChI=1S/C15H14ClNO4S2/c16-12-3-1-10(2-4-12)14-17-13(8-22-14)7-21-15(18)11-5-6-23(19,20)9-11/h1-4,8,11H,5-7,9H2/t11-/m1/s1. The molecular weight excluding hydrogens is 358 g/mol. The Bertz CT molecular complexity index is 814. The van der Waals surface area contributed by atoms with Gasteiger partial charge in [0.25, 0.3) is 0 Å². The topological polar surface area (TPSA) is 73.3 Å². The van der Waals surface area contributed by atoms with Crippen LogP contribution in [0.5, 0.6) is 0 Å². The van der Waals surface area contributed by atoms with Crippen LogP contribution in [0, 0.1) is 5.92 Å². The molecule has 0 bridgehead atoms. The van der Waals surface area contributed by atoms with E-state index in [1.807, 2.05) is 17.5 Å². The first-order valence-electron chi connectivity index (χ1n) is 7.00. The molecule has 0 saturated carbocycles. The van der Waals surface area contributed by atoms with Crippen LogP contribution in [0.25, 0.3) is 10.6 Å². The number of aromatic nitrogens is 1. The fourth-order valence-corrected chi connectivity index (χ4v) is 5.00. The molecule has 0 unspecified atom stereocenters. The lowest BCUT2D eigenvalue weighted by atomic mass is 10.1. The highest BCUT2D eigenvalue weighted by molar-refractivity contribution is 7.91. The summed E-state index contributed by atoms with van der Waals surface area (Å²) in [6.45, 7) is 0.0550. The molecule has 8 heteroatoms. The summed E-state index contributed by atoms with van der Waals surface area (Å²) in [4.78, 5) is 16.3. The van der Waals surface area contributed by atoms with Gasteiger partial charge in [-0.2, -0.15) is 0 Å². The van der Waals surface area contributed by atoms with E-state index in [0.717, 1.165) is 10.6 Å². The highest BCUT2D eigenvalue weighted by Gasteiger charge is 2.34. The van der Waals surface area contributed by atoms with Crippen molar-refractivity contribution in [3.8, 4) is 10.6 Å². The molecule has 1 aliphatic rings. The van der Waals surface area contributed by atoms with Gasteiger partial charge in [-0.3, -0.25) is 4.79 Å². The average molecular weight is 372 g/mol. The summed E-state index contributed by atoms with van der Waals surface area (Å²) in [5.74, 6) is -1.06. The average Bonchev–Trinajstić information content (AvgIpc) is 3.12. The summed E-state index contributed by atoms with van der Waals surface area (Å²) < 4.78 is 27.9. The number of rotatable bonds is 4. The number of hydrogen-bond acceptors (Lipinski definition) is 6. The molecule has 1 aromatic carbocycles. The summed E-state index contributed by atoms with van der Waals surface area (Å²) in [5, 5.41) is 3.30. The zero-order valence-corrected chi connectivity index (χ0v) is 14.5. The van der Waals surface area contributed by atoms with Crippen LogP contribution in [0.15, 0.2) is 29.6 Å². The zero-order valence-electron chi connectivity index (χ0n) is 12.1. The minimum absolute atomic E-state index is 0.0550. The van der Waals surface area contributed by atoms with E-state index in [0.29, 0.717) is 17.1 Å². The largest absolute Gasteiger partial charge is 0.459 e. The van der Waals surface area contributed by atoms with E-state index < -0.39 is 21.7 Å². The van der Waals surface area contributed by atoms with Gasteiger partial charge in [0.15, 0.2) is 9.84 Å². The van der Waals surface area contributed by atoms with Gasteiger partial charge in [-0.1, -0.05) is 23.7 Å². The number of carbonyl (C=O) groups excluding carboxylic acids is 1. The molecule has 1 atom stereocenters. The van der Waals surface area contributed by atoms with Crippen molar-refractivity contribution in [2.24, 2.45) is 5.92 Å². The number of ether oxygens (including phenoxy) is 1. The Balaban J connectivity index is 1.59. The van der Waals surface area contributed by atoms with Gasteiger partial charge in [0.2, 0.25) is 0 Å². The molecular formula is C15H14ClNO4S2. The lowest BCUT2D eigenvalue weighted by Gasteiger charge is -2.07. The third-order valence-electron chi connectivity index (χ3n) is 3.57. The minimum atomic E-state index is -3.08. The Morgan fingerprint density at radius 2 is 2.09 bits per heavy atom. The predicted octanol–water partition coefficient (Wildman–Crippen LogP) is 2.94. The number of esters is 1. The second-order valence-electron chi connectivity index (χ2n) is 5.36. The maximum Gasteiger partial charge on any atom is 0.310 e. The summed E-state index contributed by atoms with van der Waals surface area (Å²) in [7, 11) is -3.08. The van der Waals surface area contributed by atoms with Crippen molar-refractivity contribution in [3.63, 3.8) is 0 Å². The Morgan fingerprint density at radius 1 is 1.35 bits per heavy atom. The van der Waals surface area contributed by atoms with Crippen LogP contribution in [0.1, 0.15) is 12.1 Å². The second-order valence-corrected chi connectivity index (χ2v) is 8.88. The van der Waals surface area contributed by atoms with Crippen molar-refractivity contribution in [1.82, 2.24) is 4.98 Å². The van der Waals surface area contributed by atoms with Crippen LogP contribution in [0.4, 0.5) is 0 Å². The smallest absolute Gasteiger partial charge is 0.310 e. The first-order chi connectivity index (χ1) is 10.9. The summed E-state index contributed by atoms with van der Waals surface area (Å²) in [6.07, 6.45) is 0.342. The van der Waals surface area contributed by atoms with Crippen molar-refractivity contribution in [3.05, 3.63) is 40.4 Å². The van der Waals surface area contributed by atoms with Gasteiger partial charge in [-0.25, -0.2) is 13.4 Å². The van der Waals surface area contributed by atoms with E-state index in [1.165, 1.54) is 11.3 Å². The van der Waals surface area contributed by atoms with Gasteiger partial charge in [0.05, 0.1) is 23.1 Å². The molecule has 1 aliphatic heterocycles. The van der Waals surface area contributed by atoms with Crippen molar-refractivity contribution < 1.29 is 17.9 Å². The number of nitrogens with zero attached hydrogens (tertiary/aromatic N) is 1. The van der Waals surface area contributed by atoms with E-state index in [-0.39, 0.29) is 18.1 Å². The maximum absolute atomic E-state index is 11.9. The lowest BCUT2D eigenvalue weighted by molar-refractivity contribution is -0.149. The number of sulfone groups is 1. The van der Waals surface area contributed by atoms with E-state index in [4.69, 9.17) is 16.3 Å². The molecule has 1 saturated heterocycles. The van der Waals surface area contributed by atoms with Gasteiger partial charge >= 0.3 is 5.97 Å². The summed E-state index contributed by atoms with van der Waals surface area (Å²) in [5.41, 5.74) is 1.59. The molecule has 122 valence electrons. The number of thiazole rings is 1. The summed E-state index contributed by atoms with van der Waals surface area (Å²) >= 11 is 7.30. The monoisotopic (exact) mass is 371 g/mol. The Labute approximate surface area is 143 Å². The summed E-state index contributed by atoms with van der Waals surface area (Å²) in [6, 6.07) is 7.33. The second kappa shape index (κ2) is 6.59. The zero-order chi connectivity index (χ0) is 16.4. The van der Waals surface area contributed by atoms with Crippen LogP contribution in [0.3, 0.4) is 0 Å². The molecule has 0 aliphatic carbocycles. The highest BCUT2D eigenvalue weighted by atomic mass is 35.5. The van der Waals surface area contributed by atoms with Gasteiger partial charge in [-0.05, 0) is 18.6 Å². The minimum Gasteiger partial charge on any atom is -0.459 e. The van der Waals surface area contributed by atoms with Crippen molar-refractivity contribution >= 4 is 38.7 Å². The highest BCUT2D eigenvalue weighted by Crippen LogP contribution is 2.26. The fraction of sp³-hybridized carbons (Fsp3) is 0.333. The van der Waals surface area contributed by atoms with E-state index in [9.17, 15) is 13.2 Å². The molecule has 2 aromatic rings. The quantitative estimate of drug-likeness (QED) is 0.772. The van der Waals surface area contributed by atoms with Crippen LogP contribution >= 0.6 is 22.9 Å². The van der Waals surface area contributed by atoms with Crippen LogP contribution in [0.2, 0.25) is 5.02 Å². The molecule has 23 heavy (non-hydrogen) atoms. The molecule has 5 nitrogen and oxygen atoms in total. The van der Waals surface area contributed by atoms with Gasteiger partial charge < -0.3 is 4.74 Å². The van der Waals surface area contributed by atoms with Gasteiger partial charge in [0, 0.05) is 16.0 Å². The number of carbonyl (C=O) groups is 1. The fourth-order valence-electron chi connectivity index (χ4n) is 2.34. The first-order valence-corrected chi connectivity index (χ1v) is 10.1. The maximum atomic E-state index is 11.9. The van der Waals surface area contributed by atoms with Gasteiger partial charge in [-0.15, -0.1) is 11.3 Å². The molecule has 1 aromatic heterocycles. The molecule has 0 amide bonds. The molecule has 2 heterocycles. The normalized spacial score (nSPS) is 19.6. The number of hydrogen-bond donors (Lipinski definition) is 0. The Kier molecular flexibility index (Phi) is 4.70. The van der Waals surface area contributed by atoms with Gasteiger partial charge in [0.1, 0.15) is 11.6 Å². The molecule has 1 fully saturated rings. The molecule has 0 radical (unpaired) electrons. The lowest BCUT2D eigenvalue weighted by Crippen LogP contribution is -2.18. The third kappa shape index (κ3) is 4.10. The van der Waals surface area contributed by atoms with Crippen LogP contribution < -0.4 is 0 Å². The number of halogens is 1. The Hall–Kier alpha value is -1.44.